The minimum absolute atomic E-state index is 0.176. The van der Waals surface area contributed by atoms with Gasteiger partial charge in [0.2, 0.25) is 5.52 Å². The smallest absolute Gasteiger partial charge is 0.289 e. The van der Waals surface area contributed by atoms with Gasteiger partial charge in [-0.1, -0.05) is 9.71 Å². The second kappa shape index (κ2) is 2.72. The molecular formula is C7H11N6O+. The lowest BCUT2D eigenvalue weighted by Crippen LogP contribution is -2.34. The van der Waals surface area contributed by atoms with E-state index in [1.807, 2.05) is 19.1 Å². The summed E-state index contributed by atoms with van der Waals surface area (Å²) in [6.07, 6.45) is 2.83. The van der Waals surface area contributed by atoms with Gasteiger partial charge < -0.3 is 15.9 Å². The molecule has 7 heteroatoms. The Bertz CT molecular complexity index is 476. The van der Waals surface area contributed by atoms with E-state index in [1.54, 1.807) is 11.0 Å². The number of rotatable bonds is 1. The Kier molecular flexibility index (Phi) is 1.66. The predicted molar refractivity (Wildman–Crippen MR) is 49.4 cm³/mol. The summed E-state index contributed by atoms with van der Waals surface area (Å²) in [5.74, 6) is 0.176. The van der Waals surface area contributed by atoms with Gasteiger partial charge in [-0.05, 0) is 0 Å². The van der Waals surface area contributed by atoms with Crippen LogP contribution in [0, 0.1) is 0 Å². The highest BCUT2D eigenvalue weighted by Gasteiger charge is 2.16. The lowest BCUT2D eigenvalue weighted by Gasteiger charge is -2.11. The van der Waals surface area contributed by atoms with Gasteiger partial charge in [0, 0.05) is 14.1 Å². The first-order valence-corrected chi connectivity index (χ1v) is 4.01. The number of nitrogens with two attached hydrogens (primary N) is 1. The van der Waals surface area contributed by atoms with Gasteiger partial charge >= 0.3 is 0 Å². The molecule has 0 spiro atoms. The monoisotopic (exact) mass is 195 g/mol. The zero-order chi connectivity index (χ0) is 10.3. The van der Waals surface area contributed by atoms with E-state index in [1.165, 1.54) is 6.33 Å². The second-order valence-corrected chi connectivity index (χ2v) is 3.08. The molecule has 0 saturated carbocycles. The topological polar surface area (TPSA) is 84.1 Å². The van der Waals surface area contributed by atoms with Gasteiger partial charge in [0.25, 0.3) is 17.8 Å². The van der Waals surface area contributed by atoms with Crippen molar-refractivity contribution >= 4 is 17.0 Å². The first kappa shape index (κ1) is 8.54. The third-order valence-electron chi connectivity index (χ3n) is 1.93. The number of nitrogen functional groups attached to an aromatic ring is 1. The fourth-order valence-corrected chi connectivity index (χ4v) is 1.21. The molecule has 0 fully saturated rings. The van der Waals surface area contributed by atoms with Crippen LogP contribution in [0.15, 0.2) is 12.7 Å². The van der Waals surface area contributed by atoms with Crippen LogP contribution in [0.5, 0.6) is 0 Å². The summed E-state index contributed by atoms with van der Waals surface area (Å²) in [6, 6.07) is 0. The molecule has 2 heterocycles. The SMILES string of the molecule is CN(C)n1cnc2c(N)[n+](O)cnc21. The molecule has 0 unspecified atom stereocenters. The quantitative estimate of drug-likeness (QED) is 0.438. The minimum atomic E-state index is 0.176. The number of fused-ring (bicyclic) bond motifs is 1. The maximum atomic E-state index is 9.23. The van der Waals surface area contributed by atoms with Crippen LogP contribution in [0.1, 0.15) is 0 Å². The third-order valence-corrected chi connectivity index (χ3v) is 1.93. The number of hydrogen-bond donors (Lipinski definition) is 2. The van der Waals surface area contributed by atoms with Gasteiger partial charge in [0.05, 0.1) is 0 Å². The first-order chi connectivity index (χ1) is 6.61. The van der Waals surface area contributed by atoms with E-state index in [2.05, 4.69) is 9.97 Å². The molecule has 2 aromatic heterocycles. The van der Waals surface area contributed by atoms with E-state index in [0.29, 0.717) is 11.2 Å². The number of hydrogen-bond acceptors (Lipinski definition) is 5. The van der Waals surface area contributed by atoms with Gasteiger partial charge in [-0.3, -0.25) is 0 Å². The Labute approximate surface area is 79.9 Å². The van der Waals surface area contributed by atoms with Crippen LogP contribution < -0.4 is 15.5 Å². The molecule has 0 radical (unpaired) electrons. The van der Waals surface area contributed by atoms with Crippen molar-refractivity contribution in [2.75, 3.05) is 24.8 Å². The van der Waals surface area contributed by atoms with Crippen molar-refractivity contribution in [2.24, 2.45) is 0 Å². The van der Waals surface area contributed by atoms with Crippen molar-refractivity contribution in [1.29, 1.82) is 0 Å². The zero-order valence-electron chi connectivity index (χ0n) is 7.92. The maximum Gasteiger partial charge on any atom is 0.289 e. The summed E-state index contributed by atoms with van der Waals surface area (Å²) in [5, 5.41) is 11.0. The van der Waals surface area contributed by atoms with Gasteiger partial charge in [-0.2, -0.15) is 0 Å². The van der Waals surface area contributed by atoms with Gasteiger partial charge in [0.15, 0.2) is 0 Å². The van der Waals surface area contributed by atoms with Crippen LogP contribution in [-0.4, -0.2) is 33.9 Å². The summed E-state index contributed by atoms with van der Waals surface area (Å²) in [6.45, 7) is 0. The van der Waals surface area contributed by atoms with Crippen molar-refractivity contribution in [3.8, 4) is 0 Å². The molecule has 0 atom stereocenters. The van der Waals surface area contributed by atoms with Crippen LogP contribution in [-0.2, 0) is 0 Å². The van der Waals surface area contributed by atoms with Crippen LogP contribution >= 0.6 is 0 Å². The molecule has 14 heavy (non-hydrogen) atoms. The molecule has 0 saturated heterocycles. The first-order valence-electron chi connectivity index (χ1n) is 4.01. The maximum absolute atomic E-state index is 9.23. The Hall–Kier alpha value is -2.05. The molecule has 0 aliphatic carbocycles. The molecule has 2 aromatic rings. The van der Waals surface area contributed by atoms with E-state index in [9.17, 15) is 5.21 Å². The Balaban J connectivity index is 2.77. The molecular weight excluding hydrogens is 184 g/mol. The number of aromatic nitrogens is 4. The van der Waals surface area contributed by atoms with Crippen molar-refractivity contribution in [1.82, 2.24) is 14.6 Å². The fourth-order valence-electron chi connectivity index (χ4n) is 1.21. The lowest BCUT2D eigenvalue weighted by atomic mass is 10.5. The van der Waals surface area contributed by atoms with Gasteiger partial charge in [-0.15, -0.1) is 0 Å². The standard InChI is InChI=1S/C7H10N6O/c1-11(2)12-3-9-5-6(8)13(14)4-10-7(5)12/h3-4,8,14H,1-2H3/p+1. The number of nitrogens with zero attached hydrogens (tertiary/aromatic N) is 5. The summed E-state index contributed by atoms with van der Waals surface area (Å²) in [7, 11) is 3.72. The average Bonchev–Trinajstić information content (AvgIpc) is 2.55. The number of anilines is 1. The van der Waals surface area contributed by atoms with E-state index < -0.39 is 0 Å². The highest BCUT2D eigenvalue weighted by molar-refractivity contribution is 5.79. The minimum Gasteiger partial charge on any atom is -0.371 e. The summed E-state index contributed by atoms with van der Waals surface area (Å²) < 4.78 is 2.47. The normalized spacial score (nSPS) is 10.7. The molecule has 0 amide bonds. The molecule has 0 bridgehead atoms. The van der Waals surface area contributed by atoms with Crippen molar-refractivity contribution in [3.05, 3.63) is 12.7 Å². The molecule has 0 aromatic carbocycles. The van der Waals surface area contributed by atoms with Crippen LogP contribution in [0.25, 0.3) is 11.2 Å². The fraction of sp³-hybridized carbons (Fsp3) is 0.286. The second-order valence-electron chi connectivity index (χ2n) is 3.08. The Morgan fingerprint density at radius 2 is 2.21 bits per heavy atom. The van der Waals surface area contributed by atoms with E-state index in [4.69, 9.17) is 5.73 Å². The van der Waals surface area contributed by atoms with Crippen molar-refractivity contribution in [2.45, 2.75) is 0 Å². The van der Waals surface area contributed by atoms with Gasteiger partial charge in [0.1, 0.15) is 6.33 Å². The highest BCUT2D eigenvalue weighted by atomic mass is 16.5. The molecule has 7 nitrogen and oxygen atoms in total. The van der Waals surface area contributed by atoms with Crippen LogP contribution in [0.2, 0.25) is 0 Å². The van der Waals surface area contributed by atoms with Crippen molar-refractivity contribution in [3.63, 3.8) is 0 Å². The lowest BCUT2D eigenvalue weighted by molar-refractivity contribution is -0.894. The largest absolute Gasteiger partial charge is 0.371 e. The van der Waals surface area contributed by atoms with Crippen molar-refractivity contribution < 1.29 is 9.94 Å². The molecule has 2 rings (SSSR count). The highest BCUT2D eigenvalue weighted by Crippen LogP contribution is 2.11. The third kappa shape index (κ3) is 1.02. The molecule has 0 aliphatic rings. The van der Waals surface area contributed by atoms with E-state index in [-0.39, 0.29) is 5.82 Å². The predicted octanol–water partition coefficient (Wildman–Crippen LogP) is -1.26. The molecule has 0 aliphatic heterocycles. The summed E-state index contributed by atoms with van der Waals surface area (Å²) in [5.41, 5.74) is 6.70. The van der Waals surface area contributed by atoms with Crippen LogP contribution in [0.3, 0.4) is 0 Å². The summed E-state index contributed by atoms with van der Waals surface area (Å²) in [4.78, 5) is 8.07. The van der Waals surface area contributed by atoms with Gasteiger partial charge in [-0.25, -0.2) is 9.66 Å². The Morgan fingerprint density at radius 1 is 1.50 bits per heavy atom. The zero-order valence-corrected chi connectivity index (χ0v) is 7.92. The molecule has 74 valence electrons. The summed E-state index contributed by atoms with van der Waals surface area (Å²) >= 11 is 0. The number of imidazole rings is 1. The van der Waals surface area contributed by atoms with E-state index >= 15 is 0 Å². The van der Waals surface area contributed by atoms with E-state index in [0.717, 1.165) is 4.73 Å². The average molecular weight is 195 g/mol. The Morgan fingerprint density at radius 3 is 2.86 bits per heavy atom. The van der Waals surface area contributed by atoms with Crippen LogP contribution in [0.4, 0.5) is 5.82 Å². The molecule has 3 N–H and O–H groups in total.